The minimum atomic E-state index is -1.000. The van der Waals surface area contributed by atoms with Gasteiger partial charge in [-0.1, -0.05) is 11.6 Å². The van der Waals surface area contributed by atoms with E-state index in [9.17, 15) is 9.59 Å². The number of carboxylic acid groups (broad SMARTS) is 1. The molecule has 3 rings (SSSR count). The third-order valence-corrected chi connectivity index (χ3v) is 3.72. The largest absolute Gasteiger partial charge is 0.492 e. The molecule has 8 heteroatoms. The fraction of sp³-hybridized carbons (Fsp3) is 0.267. The summed E-state index contributed by atoms with van der Waals surface area (Å²) in [6.07, 6.45) is 2.02. The minimum Gasteiger partial charge on any atom is -0.492 e. The zero-order chi connectivity index (χ0) is 16.4. The van der Waals surface area contributed by atoms with E-state index in [4.69, 9.17) is 21.4 Å². The molecule has 1 unspecified atom stereocenters. The molecular formula is C15H14ClN3O4. The van der Waals surface area contributed by atoms with Crippen LogP contribution in [-0.4, -0.2) is 33.4 Å². The number of rotatable bonds is 4. The number of anilines is 1. The van der Waals surface area contributed by atoms with Crippen molar-refractivity contribution in [2.24, 2.45) is 5.92 Å². The summed E-state index contributed by atoms with van der Waals surface area (Å²) in [5.74, 6) is -0.528. The Morgan fingerprint density at radius 2 is 2.26 bits per heavy atom. The molecule has 0 saturated carbocycles. The molecule has 2 heterocycles. The fourth-order valence-electron chi connectivity index (χ4n) is 2.41. The number of amides is 1. The first kappa shape index (κ1) is 15.4. The Bertz CT molecular complexity index is 759. The number of ether oxygens (including phenoxy) is 1. The Morgan fingerprint density at radius 3 is 3.04 bits per heavy atom. The number of nitrogens with zero attached hydrogens (tertiary/aromatic N) is 2. The minimum absolute atomic E-state index is 0.226. The van der Waals surface area contributed by atoms with Crippen molar-refractivity contribution in [2.75, 3.05) is 11.9 Å². The second-order valence-corrected chi connectivity index (χ2v) is 5.68. The second-order valence-electron chi connectivity index (χ2n) is 5.25. The van der Waals surface area contributed by atoms with Crippen molar-refractivity contribution >= 4 is 29.3 Å². The van der Waals surface area contributed by atoms with Gasteiger partial charge in [-0.2, -0.15) is 5.10 Å². The fourth-order valence-corrected chi connectivity index (χ4v) is 2.61. The number of fused-ring (bicyclic) bond motifs is 1. The van der Waals surface area contributed by atoms with E-state index in [-0.39, 0.29) is 25.0 Å². The predicted molar refractivity (Wildman–Crippen MR) is 82.6 cm³/mol. The van der Waals surface area contributed by atoms with Crippen molar-refractivity contribution in [1.29, 1.82) is 0 Å². The quantitative estimate of drug-likeness (QED) is 0.888. The van der Waals surface area contributed by atoms with E-state index >= 15 is 0 Å². The third kappa shape index (κ3) is 3.62. The molecule has 1 aromatic carbocycles. The molecule has 0 radical (unpaired) electrons. The van der Waals surface area contributed by atoms with E-state index in [2.05, 4.69) is 10.4 Å². The van der Waals surface area contributed by atoms with Crippen LogP contribution in [0, 0.1) is 5.92 Å². The van der Waals surface area contributed by atoms with Gasteiger partial charge in [-0.05, 0) is 30.2 Å². The third-order valence-electron chi connectivity index (χ3n) is 3.49. The molecule has 1 aromatic heterocycles. The summed E-state index contributed by atoms with van der Waals surface area (Å²) in [5.41, 5.74) is 0.889. The molecule has 0 saturated heterocycles. The van der Waals surface area contributed by atoms with Gasteiger partial charge in [0, 0.05) is 17.3 Å². The number of hydrogen-bond donors (Lipinski definition) is 2. The molecule has 1 atom stereocenters. The lowest BCUT2D eigenvalue weighted by Gasteiger charge is -2.24. The smallest absolute Gasteiger partial charge is 0.325 e. The highest BCUT2D eigenvalue weighted by atomic mass is 35.5. The SMILES string of the molecule is O=C(O)Cn1ccc(NC(=O)C2COc3ccc(Cl)cc3C2)n1. The van der Waals surface area contributed by atoms with Crippen LogP contribution in [0.25, 0.3) is 0 Å². The summed E-state index contributed by atoms with van der Waals surface area (Å²) in [4.78, 5) is 22.9. The summed E-state index contributed by atoms with van der Waals surface area (Å²) in [6.45, 7) is 0.0184. The van der Waals surface area contributed by atoms with Crippen molar-refractivity contribution in [3.05, 3.63) is 41.0 Å². The summed E-state index contributed by atoms with van der Waals surface area (Å²) in [7, 11) is 0. The molecule has 120 valence electrons. The number of aliphatic carboxylic acids is 1. The van der Waals surface area contributed by atoms with Gasteiger partial charge in [-0.15, -0.1) is 0 Å². The molecule has 2 aromatic rings. The summed E-state index contributed by atoms with van der Waals surface area (Å²) >= 11 is 5.96. The van der Waals surface area contributed by atoms with Gasteiger partial charge in [0.1, 0.15) is 18.9 Å². The number of benzene rings is 1. The Morgan fingerprint density at radius 1 is 1.43 bits per heavy atom. The second kappa shape index (κ2) is 6.29. The van der Waals surface area contributed by atoms with Crippen LogP contribution >= 0.6 is 11.6 Å². The van der Waals surface area contributed by atoms with Crippen LogP contribution in [0.2, 0.25) is 5.02 Å². The summed E-state index contributed by atoms with van der Waals surface area (Å²) in [6, 6.07) is 6.88. The van der Waals surface area contributed by atoms with Gasteiger partial charge in [0.2, 0.25) is 5.91 Å². The van der Waals surface area contributed by atoms with Crippen molar-refractivity contribution in [1.82, 2.24) is 9.78 Å². The first-order chi connectivity index (χ1) is 11.0. The Hall–Kier alpha value is -2.54. The summed E-state index contributed by atoms with van der Waals surface area (Å²) in [5, 5.41) is 16.0. The maximum absolute atomic E-state index is 12.3. The average Bonchev–Trinajstić information content (AvgIpc) is 2.92. The van der Waals surface area contributed by atoms with Gasteiger partial charge in [0.15, 0.2) is 5.82 Å². The van der Waals surface area contributed by atoms with Gasteiger partial charge in [-0.25, -0.2) is 0 Å². The van der Waals surface area contributed by atoms with Gasteiger partial charge >= 0.3 is 5.97 Å². The zero-order valence-electron chi connectivity index (χ0n) is 12.0. The predicted octanol–water partition coefficient (Wildman–Crippen LogP) is 1.81. The van der Waals surface area contributed by atoms with E-state index < -0.39 is 5.97 Å². The van der Waals surface area contributed by atoms with Gasteiger partial charge in [0.25, 0.3) is 0 Å². The van der Waals surface area contributed by atoms with Crippen LogP contribution in [-0.2, 0) is 22.6 Å². The number of hydrogen-bond acceptors (Lipinski definition) is 4. The summed E-state index contributed by atoms with van der Waals surface area (Å²) < 4.78 is 6.83. The lowest BCUT2D eigenvalue weighted by molar-refractivity contribution is -0.137. The first-order valence-electron chi connectivity index (χ1n) is 6.98. The highest BCUT2D eigenvalue weighted by molar-refractivity contribution is 6.30. The maximum atomic E-state index is 12.3. The molecule has 1 amide bonds. The zero-order valence-corrected chi connectivity index (χ0v) is 12.8. The molecule has 1 aliphatic heterocycles. The van der Waals surface area contributed by atoms with E-state index in [1.165, 1.54) is 10.9 Å². The van der Waals surface area contributed by atoms with Crippen LogP contribution < -0.4 is 10.1 Å². The molecule has 2 N–H and O–H groups in total. The average molecular weight is 336 g/mol. The van der Waals surface area contributed by atoms with Crippen molar-refractivity contribution in [3.63, 3.8) is 0 Å². The van der Waals surface area contributed by atoms with Crippen molar-refractivity contribution in [3.8, 4) is 5.75 Å². The molecule has 0 fully saturated rings. The van der Waals surface area contributed by atoms with E-state index in [1.54, 1.807) is 24.3 Å². The van der Waals surface area contributed by atoms with Crippen LogP contribution in [0.15, 0.2) is 30.5 Å². The lowest BCUT2D eigenvalue weighted by atomic mass is 9.96. The monoisotopic (exact) mass is 335 g/mol. The number of carbonyl (C=O) groups excluding carboxylic acids is 1. The van der Waals surface area contributed by atoms with Gasteiger partial charge in [0.05, 0.1) is 5.92 Å². The number of halogens is 1. The number of carbonyl (C=O) groups is 2. The standard InChI is InChI=1S/C15H14ClN3O4/c16-11-1-2-12-9(6-11)5-10(8-23-12)15(22)17-13-3-4-19(18-13)7-14(20)21/h1-4,6,10H,5,7-8H2,(H,20,21)(H,17,18,22). The Labute approximate surface area is 136 Å². The highest BCUT2D eigenvalue weighted by Gasteiger charge is 2.26. The molecule has 0 bridgehead atoms. The van der Waals surface area contributed by atoms with Crippen LogP contribution in [0.1, 0.15) is 5.56 Å². The van der Waals surface area contributed by atoms with Gasteiger partial charge < -0.3 is 15.2 Å². The highest BCUT2D eigenvalue weighted by Crippen LogP contribution is 2.30. The molecule has 0 spiro atoms. The topological polar surface area (TPSA) is 93.5 Å². The lowest BCUT2D eigenvalue weighted by Crippen LogP contribution is -2.32. The number of aromatic nitrogens is 2. The molecule has 23 heavy (non-hydrogen) atoms. The number of nitrogens with one attached hydrogen (secondary N) is 1. The Balaban J connectivity index is 1.65. The molecule has 0 aliphatic carbocycles. The van der Waals surface area contributed by atoms with Crippen LogP contribution in [0.4, 0.5) is 5.82 Å². The molecule has 7 nitrogen and oxygen atoms in total. The van der Waals surface area contributed by atoms with Crippen LogP contribution in [0.5, 0.6) is 5.75 Å². The molecular weight excluding hydrogens is 322 g/mol. The van der Waals surface area contributed by atoms with E-state index in [0.717, 1.165) is 11.3 Å². The van der Waals surface area contributed by atoms with E-state index in [1.807, 2.05) is 0 Å². The van der Waals surface area contributed by atoms with E-state index in [0.29, 0.717) is 17.3 Å². The van der Waals surface area contributed by atoms with Crippen molar-refractivity contribution < 1.29 is 19.4 Å². The maximum Gasteiger partial charge on any atom is 0.325 e. The normalized spacial score (nSPS) is 16.3. The van der Waals surface area contributed by atoms with Crippen molar-refractivity contribution in [2.45, 2.75) is 13.0 Å². The van der Waals surface area contributed by atoms with Crippen LogP contribution in [0.3, 0.4) is 0 Å². The Kier molecular flexibility index (Phi) is 4.20. The first-order valence-corrected chi connectivity index (χ1v) is 7.36. The molecule has 1 aliphatic rings. The number of carboxylic acids is 1. The van der Waals surface area contributed by atoms with Gasteiger partial charge in [-0.3, -0.25) is 14.3 Å².